The van der Waals surface area contributed by atoms with Crippen molar-refractivity contribution in [3.8, 4) is 0 Å². The highest BCUT2D eigenvalue weighted by Crippen LogP contribution is 2.34. The van der Waals surface area contributed by atoms with Crippen LogP contribution in [-0.2, 0) is 0 Å². The Morgan fingerprint density at radius 1 is 1.50 bits per heavy atom. The van der Waals surface area contributed by atoms with Crippen molar-refractivity contribution in [2.45, 2.75) is 39.7 Å². The molecule has 1 aliphatic heterocycles. The smallest absolute Gasteiger partial charge is 0.130 e. The highest BCUT2D eigenvalue weighted by Gasteiger charge is 2.26. The number of rotatable bonds is 5. The Hall–Kier alpha value is -1.09. The monoisotopic (exact) mass is 247 g/mol. The highest BCUT2D eigenvalue weighted by atomic mass is 15.2. The average Bonchev–Trinajstić information content (AvgIpc) is 2.84. The predicted octanol–water partition coefficient (Wildman–Crippen LogP) is 3.31. The molecule has 1 fully saturated rings. The second-order valence-corrected chi connectivity index (χ2v) is 5.50. The summed E-state index contributed by atoms with van der Waals surface area (Å²) in [5.41, 5.74) is 1.37. The second kappa shape index (κ2) is 6.19. The summed E-state index contributed by atoms with van der Waals surface area (Å²) in [6.07, 6.45) is 4.45. The zero-order valence-corrected chi connectivity index (χ0v) is 11.8. The van der Waals surface area contributed by atoms with Gasteiger partial charge in [0.05, 0.1) is 0 Å². The lowest BCUT2D eigenvalue weighted by Gasteiger charge is -2.25. The normalized spacial score (nSPS) is 20.6. The van der Waals surface area contributed by atoms with Crippen molar-refractivity contribution in [3.63, 3.8) is 0 Å². The van der Waals surface area contributed by atoms with Crippen LogP contribution in [0.3, 0.4) is 0 Å². The largest absolute Gasteiger partial charge is 0.370 e. The van der Waals surface area contributed by atoms with Gasteiger partial charge in [-0.1, -0.05) is 26.8 Å². The van der Waals surface area contributed by atoms with Gasteiger partial charge in [0.15, 0.2) is 0 Å². The van der Waals surface area contributed by atoms with E-state index in [1.807, 2.05) is 6.20 Å². The van der Waals surface area contributed by atoms with Gasteiger partial charge in [-0.2, -0.15) is 0 Å². The summed E-state index contributed by atoms with van der Waals surface area (Å²) in [7, 11) is 0. The fourth-order valence-electron chi connectivity index (χ4n) is 2.69. The summed E-state index contributed by atoms with van der Waals surface area (Å²) < 4.78 is 0. The Balaban J connectivity index is 2.16. The van der Waals surface area contributed by atoms with Gasteiger partial charge < -0.3 is 5.32 Å². The molecule has 2 heterocycles. The number of nitrogens with one attached hydrogen (secondary N) is 1. The number of aromatic nitrogens is 1. The van der Waals surface area contributed by atoms with Gasteiger partial charge >= 0.3 is 0 Å². The summed E-state index contributed by atoms with van der Waals surface area (Å²) >= 11 is 0. The molecule has 1 aromatic heterocycles. The third-order valence-electron chi connectivity index (χ3n) is 3.65. The topological polar surface area (TPSA) is 28.2 Å². The van der Waals surface area contributed by atoms with Gasteiger partial charge in [-0.15, -0.1) is 0 Å². The van der Waals surface area contributed by atoms with E-state index in [1.165, 1.54) is 24.9 Å². The van der Waals surface area contributed by atoms with Crippen molar-refractivity contribution in [2.75, 3.05) is 25.0 Å². The van der Waals surface area contributed by atoms with Crippen molar-refractivity contribution in [2.24, 2.45) is 5.92 Å². The molecule has 0 saturated carbocycles. The first-order valence-corrected chi connectivity index (χ1v) is 7.15. The van der Waals surface area contributed by atoms with Crippen LogP contribution in [0.15, 0.2) is 18.3 Å². The molecule has 0 radical (unpaired) electrons. The maximum atomic E-state index is 4.53. The lowest BCUT2D eigenvalue weighted by atomic mass is 10.1. The van der Waals surface area contributed by atoms with Crippen LogP contribution in [0.5, 0.6) is 0 Å². The van der Waals surface area contributed by atoms with Gasteiger partial charge in [0.2, 0.25) is 0 Å². The van der Waals surface area contributed by atoms with E-state index in [0.29, 0.717) is 12.0 Å². The third-order valence-corrected chi connectivity index (χ3v) is 3.65. The van der Waals surface area contributed by atoms with Crippen LogP contribution in [0.2, 0.25) is 0 Å². The molecule has 0 bridgehead atoms. The minimum absolute atomic E-state index is 0.554. The van der Waals surface area contributed by atoms with E-state index in [0.717, 1.165) is 18.9 Å². The van der Waals surface area contributed by atoms with Crippen molar-refractivity contribution >= 4 is 5.82 Å². The van der Waals surface area contributed by atoms with E-state index in [4.69, 9.17) is 0 Å². The molecule has 0 spiro atoms. The zero-order chi connectivity index (χ0) is 13.0. The number of pyridine rings is 1. The highest BCUT2D eigenvalue weighted by molar-refractivity contribution is 5.46. The number of likely N-dealkylation sites (tertiary alicyclic amines) is 1. The summed E-state index contributed by atoms with van der Waals surface area (Å²) in [6, 6.07) is 4.84. The van der Waals surface area contributed by atoms with Crippen molar-refractivity contribution in [3.05, 3.63) is 23.9 Å². The van der Waals surface area contributed by atoms with Crippen molar-refractivity contribution < 1.29 is 0 Å². The van der Waals surface area contributed by atoms with Gasteiger partial charge in [-0.25, -0.2) is 4.98 Å². The molecule has 3 heteroatoms. The fourth-order valence-corrected chi connectivity index (χ4v) is 2.69. The van der Waals surface area contributed by atoms with Crippen LogP contribution < -0.4 is 5.32 Å². The molecular weight excluding hydrogens is 222 g/mol. The molecule has 0 aromatic carbocycles. The first-order valence-electron chi connectivity index (χ1n) is 7.15. The molecule has 0 amide bonds. The summed E-state index contributed by atoms with van der Waals surface area (Å²) in [6.45, 7) is 10.0. The van der Waals surface area contributed by atoms with Gasteiger partial charge in [-0.3, -0.25) is 4.90 Å². The number of anilines is 1. The Morgan fingerprint density at radius 2 is 2.33 bits per heavy atom. The van der Waals surface area contributed by atoms with E-state index >= 15 is 0 Å². The average molecular weight is 247 g/mol. The molecule has 0 aliphatic carbocycles. The third kappa shape index (κ3) is 3.02. The quantitative estimate of drug-likeness (QED) is 0.865. The van der Waals surface area contributed by atoms with Crippen LogP contribution in [0, 0.1) is 5.92 Å². The molecule has 1 unspecified atom stereocenters. The summed E-state index contributed by atoms with van der Waals surface area (Å²) in [5.74, 6) is 1.72. The maximum absolute atomic E-state index is 4.53. The molecule has 3 nitrogen and oxygen atoms in total. The van der Waals surface area contributed by atoms with Gasteiger partial charge in [-0.05, 0) is 37.9 Å². The molecule has 1 saturated heterocycles. The van der Waals surface area contributed by atoms with Gasteiger partial charge in [0.25, 0.3) is 0 Å². The van der Waals surface area contributed by atoms with Crippen LogP contribution in [0.25, 0.3) is 0 Å². The van der Waals surface area contributed by atoms with E-state index in [9.17, 15) is 0 Å². The zero-order valence-electron chi connectivity index (χ0n) is 11.8. The molecule has 1 N–H and O–H groups in total. The molecule has 2 rings (SSSR count). The number of hydrogen-bond donors (Lipinski definition) is 1. The molecule has 100 valence electrons. The Kier molecular flexibility index (Phi) is 4.59. The molecule has 1 atom stereocenters. The van der Waals surface area contributed by atoms with Crippen molar-refractivity contribution in [1.82, 2.24) is 9.88 Å². The van der Waals surface area contributed by atoms with E-state index in [-0.39, 0.29) is 0 Å². The lowest BCUT2D eigenvalue weighted by Crippen LogP contribution is -2.24. The van der Waals surface area contributed by atoms with Gasteiger partial charge in [0.1, 0.15) is 5.82 Å². The maximum Gasteiger partial charge on any atom is 0.130 e. The molecule has 18 heavy (non-hydrogen) atoms. The first kappa shape index (κ1) is 13.3. The van der Waals surface area contributed by atoms with Crippen LogP contribution in [0.1, 0.15) is 45.2 Å². The predicted molar refractivity (Wildman–Crippen MR) is 76.8 cm³/mol. The lowest BCUT2D eigenvalue weighted by molar-refractivity contribution is 0.272. The fraction of sp³-hybridized carbons (Fsp3) is 0.667. The first-order chi connectivity index (χ1) is 8.72. The minimum Gasteiger partial charge on any atom is -0.370 e. The molecule has 1 aliphatic rings. The molecular formula is C15H25N3. The van der Waals surface area contributed by atoms with E-state index in [1.54, 1.807) is 0 Å². The van der Waals surface area contributed by atoms with Crippen LogP contribution in [0.4, 0.5) is 5.82 Å². The Bertz CT molecular complexity index is 376. The molecule has 1 aromatic rings. The minimum atomic E-state index is 0.554. The Morgan fingerprint density at radius 3 is 3.06 bits per heavy atom. The van der Waals surface area contributed by atoms with E-state index in [2.05, 4.69) is 48.1 Å². The number of hydrogen-bond acceptors (Lipinski definition) is 3. The summed E-state index contributed by atoms with van der Waals surface area (Å²) in [4.78, 5) is 7.08. The number of nitrogens with zero attached hydrogens (tertiary/aromatic N) is 2. The van der Waals surface area contributed by atoms with E-state index < -0.39 is 0 Å². The SMILES string of the molecule is CCN1CCCC1c1cccnc1NCC(C)C. The Labute approximate surface area is 111 Å². The van der Waals surface area contributed by atoms with Gasteiger partial charge in [0, 0.05) is 24.3 Å². The van der Waals surface area contributed by atoms with Crippen molar-refractivity contribution in [1.29, 1.82) is 0 Å². The van der Waals surface area contributed by atoms with Crippen LogP contribution in [-0.4, -0.2) is 29.5 Å². The van der Waals surface area contributed by atoms with Crippen LogP contribution >= 0.6 is 0 Å². The second-order valence-electron chi connectivity index (χ2n) is 5.50. The standard InChI is InChI=1S/C15H25N3/c1-4-18-10-6-8-14(18)13-7-5-9-16-15(13)17-11-12(2)3/h5,7,9,12,14H,4,6,8,10-11H2,1-3H3,(H,16,17). The summed E-state index contributed by atoms with van der Waals surface area (Å²) in [5, 5.41) is 3.50.